The number of aliphatic hydroxyl groups excluding tert-OH is 1. The van der Waals surface area contributed by atoms with Gasteiger partial charge in [-0.2, -0.15) is 11.8 Å². The third-order valence-corrected chi connectivity index (χ3v) is 5.66. The molecule has 1 aliphatic heterocycles. The molecule has 0 aliphatic carbocycles. The Morgan fingerprint density at radius 2 is 2.22 bits per heavy atom. The summed E-state index contributed by atoms with van der Waals surface area (Å²) >= 11 is 1.68. The average molecular weight is 392 g/mol. The lowest BCUT2D eigenvalue weighted by Crippen LogP contribution is -2.34. The Labute approximate surface area is 165 Å². The number of aryl methyl sites for hydroxylation is 1. The van der Waals surface area contributed by atoms with Crippen LogP contribution in [0.15, 0.2) is 36.4 Å². The number of rotatable bonds is 11. The summed E-state index contributed by atoms with van der Waals surface area (Å²) < 4.78 is 0. The molecule has 27 heavy (non-hydrogen) atoms. The van der Waals surface area contributed by atoms with E-state index in [1.165, 1.54) is 5.56 Å². The summed E-state index contributed by atoms with van der Waals surface area (Å²) in [5, 5.41) is 18.9. The zero-order chi connectivity index (χ0) is 19.6. The van der Waals surface area contributed by atoms with Crippen LogP contribution in [0.4, 0.5) is 0 Å². The predicted octanol–water partition coefficient (Wildman–Crippen LogP) is 3.04. The fourth-order valence-corrected chi connectivity index (χ4v) is 4.12. The molecule has 1 saturated heterocycles. The van der Waals surface area contributed by atoms with Crippen LogP contribution in [0.1, 0.15) is 36.8 Å². The van der Waals surface area contributed by atoms with Gasteiger partial charge < -0.3 is 15.1 Å². The molecule has 1 aromatic rings. The fraction of sp³-hybridized carbons (Fsp3) is 0.524. The van der Waals surface area contributed by atoms with Crippen LogP contribution in [-0.2, 0) is 16.0 Å². The van der Waals surface area contributed by atoms with Crippen molar-refractivity contribution in [3.05, 3.63) is 47.5 Å². The first-order valence-electron chi connectivity index (χ1n) is 9.46. The molecular formula is C21H29NO4S. The lowest BCUT2D eigenvalue weighted by atomic mass is 10.0. The number of carboxylic acid groups (broad SMARTS) is 1. The van der Waals surface area contributed by atoms with Crippen molar-refractivity contribution in [2.75, 3.05) is 18.1 Å². The highest BCUT2D eigenvalue weighted by Gasteiger charge is 2.28. The summed E-state index contributed by atoms with van der Waals surface area (Å²) in [6.07, 6.45) is 5.96. The molecule has 1 amide bonds. The number of likely N-dealkylation sites (tertiary alicyclic amines) is 1. The number of carbonyl (C=O) groups is 2. The SMILES string of the molecule is Cc1cccc(C[C@H](O)/C=C/[C@H]2CCC(=O)N2CCSCCCC(=O)O)c1. The maximum absolute atomic E-state index is 12.1. The van der Waals surface area contributed by atoms with Gasteiger partial charge in [-0.3, -0.25) is 9.59 Å². The number of benzene rings is 1. The summed E-state index contributed by atoms with van der Waals surface area (Å²) in [5.74, 6) is 0.995. The van der Waals surface area contributed by atoms with Crippen molar-refractivity contribution in [3.63, 3.8) is 0 Å². The highest BCUT2D eigenvalue weighted by molar-refractivity contribution is 7.99. The number of aliphatic hydroxyl groups is 1. The van der Waals surface area contributed by atoms with Crippen LogP contribution < -0.4 is 0 Å². The second kappa shape index (κ2) is 11.1. The van der Waals surface area contributed by atoms with Crippen molar-refractivity contribution in [1.29, 1.82) is 0 Å². The van der Waals surface area contributed by atoms with Crippen LogP contribution in [0.25, 0.3) is 0 Å². The number of carbonyl (C=O) groups excluding carboxylic acids is 1. The fourth-order valence-electron chi connectivity index (χ4n) is 3.24. The van der Waals surface area contributed by atoms with Crippen LogP contribution in [0.5, 0.6) is 0 Å². The average Bonchev–Trinajstić information content (AvgIpc) is 2.96. The smallest absolute Gasteiger partial charge is 0.303 e. The molecule has 1 aliphatic rings. The Kier molecular flexibility index (Phi) is 8.88. The first-order valence-corrected chi connectivity index (χ1v) is 10.6. The van der Waals surface area contributed by atoms with Crippen molar-refractivity contribution >= 4 is 23.6 Å². The van der Waals surface area contributed by atoms with Crippen LogP contribution in [-0.4, -0.2) is 57.2 Å². The Morgan fingerprint density at radius 1 is 1.41 bits per heavy atom. The molecular weight excluding hydrogens is 362 g/mol. The zero-order valence-corrected chi connectivity index (χ0v) is 16.7. The highest BCUT2D eigenvalue weighted by Crippen LogP contribution is 2.21. The minimum Gasteiger partial charge on any atom is -0.481 e. The number of thioether (sulfide) groups is 1. The van der Waals surface area contributed by atoms with Crippen LogP contribution in [0.3, 0.4) is 0 Å². The largest absolute Gasteiger partial charge is 0.481 e. The van der Waals surface area contributed by atoms with Crippen LogP contribution in [0.2, 0.25) is 0 Å². The molecule has 1 aromatic carbocycles. The van der Waals surface area contributed by atoms with Crippen molar-refractivity contribution in [2.45, 2.75) is 51.2 Å². The van der Waals surface area contributed by atoms with E-state index in [9.17, 15) is 14.7 Å². The predicted molar refractivity (Wildman–Crippen MR) is 109 cm³/mol. The Bertz CT molecular complexity index is 661. The third-order valence-electron chi connectivity index (χ3n) is 4.61. The number of aliphatic carboxylic acids is 1. The zero-order valence-electron chi connectivity index (χ0n) is 15.8. The van der Waals surface area contributed by atoms with E-state index < -0.39 is 12.1 Å². The molecule has 1 fully saturated rings. The molecule has 148 valence electrons. The Hall–Kier alpha value is -1.79. The quantitative estimate of drug-likeness (QED) is 0.448. The first-order chi connectivity index (χ1) is 13.0. The second-order valence-corrected chi connectivity index (χ2v) is 8.17. The minimum absolute atomic E-state index is 0.0456. The molecule has 0 radical (unpaired) electrons. The maximum Gasteiger partial charge on any atom is 0.303 e. The summed E-state index contributed by atoms with van der Waals surface area (Å²) in [5.41, 5.74) is 2.28. The van der Waals surface area contributed by atoms with Gasteiger partial charge in [0, 0.05) is 31.6 Å². The number of hydrogen-bond donors (Lipinski definition) is 2. The molecule has 0 bridgehead atoms. The Morgan fingerprint density at radius 3 is 2.96 bits per heavy atom. The van der Waals surface area contributed by atoms with Gasteiger partial charge in [0.25, 0.3) is 0 Å². The van der Waals surface area contributed by atoms with Crippen molar-refractivity contribution in [1.82, 2.24) is 4.90 Å². The molecule has 2 rings (SSSR count). The minimum atomic E-state index is -0.764. The normalized spacial score (nSPS) is 18.4. The van der Waals surface area contributed by atoms with Gasteiger partial charge in [0.2, 0.25) is 5.91 Å². The second-order valence-electron chi connectivity index (χ2n) is 6.95. The molecule has 2 atom stereocenters. The van der Waals surface area contributed by atoms with Gasteiger partial charge in [-0.15, -0.1) is 0 Å². The van der Waals surface area contributed by atoms with Gasteiger partial charge in [0.1, 0.15) is 0 Å². The third kappa shape index (κ3) is 7.77. The summed E-state index contributed by atoms with van der Waals surface area (Å²) in [6, 6.07) is 8.16. The van der Waals surface area contributed by atoms with Crippen molar-refractivity contribution < 1.29 is 19.8 Å². The lowest BCUT2D eigenvalue weighted by Gasteiger charge is -2.22. The molecule has 0 spiro atoms. The molecule has 0 aromatic heterocycles. The molecule has 1 heterocycles. The molecule has 0 saturated carbocycles. The topological polar surface area (TPSA) is 77.8 Å². The van der Waals surface area contributed by atoms with Crippen molar-refractivity contribution in [3.8, 4) is 0 Å². The van der Waals surface area contributed by atoms with Crippen LogP contribution in [0, 0.1) is 6.92 Å². The molecule has 0 unspecified atom stereocenters. The summed E-state index contributed by atoms with van der Waals surface area (Å²) in [6.45, 7) is 2.70. The van der Waals surface area contributed by atoms with Gasteiger partial charge in [0.15, 0.2) is 0 Å². The number of amides is 1. The van der Waals surface area contributed by atoms with E-state index in [0.717, 1.165) is 23.5 Å². The van der Waals surface area contributed by atoms with E-state index in [4.69, 9.17) is 5.11 Å². The number of nitrogens with zero attached hydrogens (tertiary/aromatic N) is 1. The van der Waals surface area contributed by atoms with E-state index in [1.807, 2.05) is 36.1 Å². The summed E-state index contributed by atoms with van der Waals surface area (Å²) in [7, 11) is 0. The van der Waals surface area contributed by atoms with Gasteiger partial charge >= 0.3 is 5.97 Å². The van der Waals surface area contributed by atoms with E-state index in [0.29, 0.717) is 25.8 Å². The number of hydrogen-bond acceptors (Lipinski definition) is 4. The van der Waals surface area contributed by atoms with Gasteiger partial charge in [-0.05, 0) is 31.1 Å². The van der Waals surface area contributed by atoms with E-state index in [-0.39, 0.29) is 18.4 Å². The Balaban J connectivity index is 1.77. The monoisotopic (exact) mass is 391 g/mol. The van der Waals surface area contributed by atoms with Gasteiger partial charge in [0.05, 0.1) is 12.1 Å². The van der Waals surface area contributed by atoms with E-state index in [2.05, 4.69) is 6.07 Å². The summed E-state index contributed by atoms with van der Waals surface area (Å²) in [4.78, 5) is 24.5. The first kappa shape index (κ1) is 21.5. The van der Waals surface area contributed by atoms with E-state index in [1.54, 1.807) is 17.8 Å². The van der Waals surface area contributed by atoms with Gasteiger partial charge in [-0.25, -0.2) is 0 Å². The standard InChI is InChI=1S/C21H29NO4S/c1-16-4-2-5-17(14-16)15-19(23)9-7-18-8-10-20(24)22(18)11-13-27-12-3-6-21(25)26/h2,4-5,7,9,14,18-19,23H,3,6,8,10-13,15H2,1H3,(H,25,26)/b9-7+/t18-,19+/m0/s1. The van der Waals surface area contributed by atoms with E-state index >= 15 is 0 Å². The number of carboxylic acids is 1. The van der Waals surface area contributed by atoms with Crippen molar-refractivity contribution in [2.24, 2.45) is 0 Å². The molecule has 5 nitrogen and oxygen atoms in total. The lowest BCUT2D eigenvalue weighted by molar-refractivity contribution is -0.137. The highest BCUT2D eigenvalue weighted by atomic mass is 32.2. The van der Waals surface area contributed by atoms with Gasteiger partial charge in [-0.1, -0.05) is 42.0 Å². The molecule has 6 heteroatoms. The maximum atomic E-state index is 12.1. The molecule has 2 N–H and O–H groups in total. The van der Waals surface area contributed by atoms with Crippen LogP contribution >= 0.6 is 11.8 Å².